The Bertz CT molecular complexity index is 1510. The van der Waals surface area contributed by atoms with Crippen LogP contribution in [-0.4, -0.2) is 33.4 Å². The maximum Gasteiger partial charge on any atom is 0.271 e. The van der Waals surface area contributed by atoms with Gasteiger partial charge in [-0.05, 0) is 86.9 Å². The Morgan fingerprint density at radius 2 is 1.82 bits per heavy atom. The normalized spacial score (nSPS) is 18.1. The molecule has 8 heteroatoms. The lowest BCUT2D eigenvalue weighted by atomic mass is 9.77. The van der Waals surface area contributed by atoms with E-state index < -0.39 is 5.92 Å². The second-order valence-electron chi connectivity index (χ2n) is 10.7. The van der Waals surface area contributed by atoms with Crippen molar-refractivity contribution in [3.63, 3.8) is 0 Å². The molecule has 0 spiro atoms. The molecule has 202 valence electrons. The molecule has 1 fully saturated rings. The molecule has 5 N–H and O–H groups in total. The first-order valence-electron chi connectivity index (χ1n) is 13.7. The molecular weight excluding hydrogens is 490 g/mol. The Balaban J connectivity index is 1.34. The summed E-state index contributed by atoms with van der Waals surface area (Å²) in [7, 11) is 0. The first-order chi connectivity index (χ1) is 18.9. The third-order valence-corrected chi connectivity index (χ3v) is 8.05. The van der Waals surface area contributed by atoms with E-state index in [0.717, 1.165) is 48.1 Å². The van der Waals surface area contributed by atoms with Gasteiger partial charge in [0.05, 0.1) is 10.9 Å². The maximum atomic E-state index is 13.5. The van der Waals surface area contributed by atoms with E-state index in [1.165, 1.54) is 0 Å². The number of amides is 1. The number of benzene rings is 2. The van der Waals surface area contributed by atoms with Crippen LogP contribution < -0.4 is 16.6 Å². The number of hydrogen-bond acceptors (Lipinski definition) is 5. The van der Waals surface area contributed by atoms with Crippen molar-refractivity contribution >= 4 is 28.3 Å². The number of ketones is 1. The largest absolute Gasteiger partial charge is 0.330 e. The van der Waals surface area contributed by atoms with Gasteiger partial charge in [0, 0.05) is 41.4 Å². The fraction of sp³-hybridized carbons (Fsp3) is 0.355. The Hall–Kier alpha value is -4.04. The van der Waals surface area contributed by atoms with Gasteiger partial charge in [0.1, 0.15) is 5.78 Å². The van der Waals surface area contributed by atoms with Gasteiger partial charge in [-0.1, -0.05) is 30.3 Å². The Kier molecular flexibility index (Phi) is 8.02. The number of nitrogens with one attached hydrogen (secondary N) is 3. The molecule has 0 unspecified atom stereocenters. The van der Waals surface area contributed by atoms with E-state index in [0.29, 0.717) is 35.5 Å². The summed E-state index contributed by atoms with van der Waals surface area (Å²) in [4.78, 5) is 43.1. The van der Waals surface area contributed by atoms with Crippen molar-refractivity contribution in [3.8, 4) is 11.1 Å². The lowest BCUT2D eigenvalue weighted by Gasteiger charge is -2.27. The van der Waals surface area contributed by atoms with Crippen LogP contribution in [0.5, 0.6) is 0 Å². The van der Waals surface area contributed by atoms with Crippen LogP contribution in [0.1, 0.15) is 43.4 Å². The SMILES string of the molecule is Cc1ncccc1-c1ccc(C[C@H](CC(=O)C2CCC(CN)CC2)C(=O)Nc2ccc3c(=O)[nH][nH]c3c2)cc1. The summed E-state index contributed by atoms with van der Waals surface area (Å²) in [5, 5.41) is 8.88. The number of hydrogen-bond donors (Lipinski definition) is 4. The molecule has 8 nitrogen and oxygen atoms in total. The molecule has 39 heavy (non-hydrogen) atoms. The molecule has 2 aromatic carbocycles. The Morgan fingerprint density at radius 3 is 2.54 bits per heavy atom. The molecular formula is C31H35N5O3. The van der Waals surface area contributed by atoms with Gasteiger partial charge < -0.3 is 11.1 Å². The van der Waals surface area contributed by atoms with Gasteiger partial charge in [-0.2, -0.15) is 0 Å². The summed E-state index contributed by atoms with van der Waals surface area (Å²) in [6.45, 7) is 2.65. The molecule has 0 radical (unpaired) electrons. The van der Waals surface area contributed by atoms with Crippen molar-refractivity contribution in [2.45, 2.75) is 45.4 Å². The molecule has 5 rings (SSSR count). The van der Waals surface area contributed by atoms with Crippen LogP contribution in [0, 0.1) is 24.7 Å². The summed E-state index contributed by atoms with van der Waals surface area (Å²) in [5.74, 6) is -0.0936. The average molecular weight is 526 g/mol. The average Bonchev–Trinajstić information content (AvgIpc) is 3.33. The number of aromatic nitrogens is 3. The minimum atomic E-state index is -0.517. The monoisotopic (exact) mass is 525 g/mol. The molecule has 1 amide bonds. The van der Waals surface area contributed by atoms with Gasteiger partial charge in [0.2, 0.25) is 5.91 Å². The minimum Gasteiger partial charge on any atom is -0.330 e. The number of rotatable bonds is 9. The van der Waals surface area contributed by atoms with E-state index in [-0.39, 0.29) is 29.6 Å². The van der Waals surface area contributed by atoms with Crippen molar-refractivity contribution in [1.29, 1.82) is 0 Å². The van der Waals surface area contributed by atoms with Crippen molar-refractivity contribution in [3.05, 3.63) is 82.4 Å². The number of nitrogens with zero attached hydrogens (tertiary/aromatic N) is 1. The second-order valence-corrected chi connectivity index (χ2v) is 10.7. The van der Waals surface area contributed by atoms with E-state index in [2.05, 4.69) is 20.5 Å². The van der Waals surface area contributed by atoms with Crippen LogP contribution in [0.3, 0.4) is 0 Å². The molecule has 1 atom stereocenters. The number of aryl methyl sites for hydroxylation is 1. The Morgan fingerprint density at radius 1 is 1.05 bits per heavy atom. The maximum absolute atomic E-state index is 13.5. The highest BCUT2D eigenvalue weighted by atomic mass is 16.2. The highest BCUT2D eigenvalue weighted by Gasteiger charge is 2.30. The van der Waals surface area contributed by atoms with Crippen LogP contribution >= 0.6 is 0 Å². The van der Waals surface area contributed by atoms with Crippen LogP contribution in [0.15, 0.2) is 65.6 Å². The lowest BCUT2D eigenvalue weighted by Crippen LogP contribution is -2.31. The van der Waals surface area contributed by atoms with Gasteiger partial charge in [-0.25, -0.2) is 0 Å². The van der Waals surface area contributed by atoms with Crippen molar-refractivity contribution in [2.24, 2.45) is 23.5 Å². The molecule has 2 aromatic heterocycles. The smallest absolute Gasteiger partial charge is 0.271 e. The van der Waals surface area contributed by atoms with E-state index >= 15 is 0 Å². The van der Waals surface area contributed by atoms with Crippen LogP contribution in [0.4, 0.5) is 5.69 Å². The molecule has 1 saturated carbocycles. The fourth-order valence-corrected chi connectivity index (χ4v) is 5.64. The van der Waals surface area contributed by atoms with Gasteiger partial charge in [-0.3, -0.25) is 29.6 Å². The zero-order valence-electron chi connectivity index (χ0n) is 22.2. The standard InChI is InChI=1S/C31H35N5O3/c1-19-26(3-2-14-33-19)22-8-4-20(5-9-22)15-24(16-29(37)23-10-6-21(18-32)7-11-23)30(38)34-25-12-13-27-28(17-25)35-36-31(27)39/h2-5,8-9,12-14,17,21,23-24H,6-7,10-11,15-16,18,32H2,1H3,(H,34,38)(H2,35,36,39)/t21?,23?,24-/m1/s1. The van der Waals surface area contributed by atoms with Crippen molar-refractivity contribution < 1.29 is 9.59 Å². The number of fused-ring (bicyclic) bond motifs is 1. The van der Waals surface area contributed by atoms with Gasteiger partial charge >= 0.3 is 0 Å². The van der Waals surface area contributed by atoms with Gasteiger partial charge in [0.15, 0.2) is 0 Å². The molecule has 0 aliphatic heterocycles. The number of nitrogens with two attached hydrogens (primary N) is 1. The van der Waals surface area contributed by atoms with Crippen LogP contribution in [0.25, 0.3) is 22.0 Å². The quantitative estimate of drug-likeness (QED) is 0.250. The van der Waals surface area contributed by atoms with E-state index in [9.17, 15) is 14.4 Å². The second kappa shape index (κ2) is 11.8. The zero-order valence-corrected chi connectivity index (χ0v) is 22.2. The zero-order chi connectivity index (χ0) is 27.4. The summed E-state index contributed by atoms with van der Waals surface area (Å²) < 4.78 is 0. The van der Waals surface area contributed by atoms with Crippen molar-refractivity contribution in [2.75, 3.05) is 11.9 Å². The summed E-state index contributed by atoms with van der Waals surface area (Å²) in [5.41, 5.74) is 10.9. The van der Waals surface area contributed by atoms with E-state index in [1.54, 1.807) is 24.4 Å². The Labute approximate surface area is 227 Å². The molecule has 4 aromatic rings. The van der Waals surface area contributed by atoms with Gasteiger partial charge in [-0.15, -0.1) is 0 Å². The minimum absolute atomic E-state index is 0.0136. The number of carbonyl (C=O) groups excluding carboxylic acids is 2. The van der Waals surface area contributed by atoms with Crippen LogP contribution in [0.2, 0.25) is 0 Å². The van der Waals surface area contributed by atoms with Gasteiger partial charge in [0.25, 0.3) is 5.56 Å². The number of pyridine rings is 1. The third kappa shape index (κ3) is 6.17. The summed E-state index contributed by atoms with van der Waals surface area (Å²) >= 11 is 0. The van der Waals surface area contributed by atoms with Crippen molar-refractivity contribution in [1.82, 2.24) is 15.2 Å². The molecule has 0 saturated heterocycles. The number of H-pyrrole nitrogens is 2. The molecule has 1 aliphatic rings. The number of anilines is 1. The number of aromatic amines is 2. The number of carbonyl (C=O) groups is 2. The lowest BCUT2D eigenvalue weighted by molar-refractivity contribution is -0.129. The first kappa shape index (κ1) is 26.6. The van der Waals surface area contributed by atoms with E-state index in [1.807, 2.05) is 43.3 Å². The predicted molar refractivity (Wildman–Crippen MR) is 153 cm³/mol. The molecule has 0 bridgehead atoms. The fourth-order valence-electron chi connectivity index (χ4n) is 5.64. The molecule has 2 heterocycles. The summed E-state index contributed by atoms with van der Waals surface area (Å²) in [6.07, 6.45) is 6.03. The number of Topliss-reactive ketones (excluding diaryl/α,β-unsaturated/α-hetero) is 1. The first-order valence-corrected chi connectivity index (χ1v) is 13.7. The predicted octanol–water partition coefficient (Wildman–Crippen LogP) is 4.75. The highest BCUT2D eigenvalue weighted by molar-refractivity contribution is 5.97. The highest BCUT2D eigenvalue weighted by Crippen LogP contribution is 2.31. The van der Waals surface area contributed by atoms with Crippen LogP contribution in [-0.2, 0) is 16.0 Å². The third-order valence-electron chi connectivity index (χ3n) is 8.05. The molecule has 1 aliphatic carbocycles. The topological polar surface area (TPSA) is 134 Å². The van der Waals surface area contributed by atoms with E-state index in [4.69, 9.17) is 5.73 Å². The summed E-state index contributed by atoms with van der Waals surface area (Å²) in [6, 6.07) is 17.2.